The van der Waals surface area contributed by atoms with Crippen LogP contribution in [0.5, 0.6) is 0 Å². The fourth-order valence-corrected chi connectivity index (χ4v) is 11.7. The summed E-state index contributed by atoms with van der Waals surface area (Å²) in [5.74, 6) is 1.51. The second-order valence-corrected chi connectivity index (χ2v) is 17.5. The summed E-state index contributed by atoms with van der Waals surface area (Å²) in [7, 11) is 0. The predicted molar refractivity (Wildman–Crippen MR) is 270 cm³/mol. The molecule has 65 heavy (non-hydrogen) atoms. The lowest BCUT2D eigenvalue weighted by Crippen LogP contribution is -2.33. The Morgan fingerprint density at radius 2 is 0.831 bits per heavy atom. The number of benzene rings is 11. The average Bonchev–Trinajstić information content (AvgIpc) is 3.86. The van der Waals surface area contributed by atoms with E-state index in [9.17, 15) is 0 Å². The molecule has 3 nitrogen and oxygen atoms in total. The van der Waals surface area contributed by atoms with Crippen LogP contribution in [-0.2, 0) is 5.41 Å². The van der Waals surface area contributed by atoms with Gasteiger partial charge in [0.25, 0.3) is 0 Å². The smallest absolute Gasteiger partial charge is 0.160 e. The van der Waals surface area contributed by atoms with Crippen LogP contribution in [0.1, 0.15) is 45.1 Å². The van der Waals surface area contributed by atoms with Gasteiger partial charge in [-0.05, 0) is 105 Å². The van der Waals surface area contributed by atoms with Crippen molar-refractivity contribution in [2.24, 2.45) is 9.98 Å². The summed E-state index contributed by atoms with van der Waals surface area (Å²) >= 11 is 0. The van der Waals surface area contributed by atoms with Gasteiger partial charge in [0.2, 0.25) is 0 Å². The maximum absolute atomic E-state index is 5.56. The fraction of sp³-hybridized carbons (Fsp3) is 0.0323. The summed E-state index contributed by atoms with van der Waals surface area (Å²) in [6, 6.07) is 82.3. The maximum atomic E-state index is 5.56. The van der Waals surface area contributed by atoms with E-state index in [1.807, 2.05) is 0 Å². The average molecular weight is 826 g/mol. The number of nitrogens with zero attached hydrogens (tertiary/aromatic N) is 2. The van der Waals surface area contributed by atoms with Gasteiger partial charge < -0.3 is 5.32 Å². The van der Waals surface area contributed by atoms with Crippen LogP contribution >= 0.6 is 0 Å². The molecule has 0 aromatic heterocycles. The van der Waals surface area contributed by atoms with Gasteiger partial charge in [0.05, 0.1) is 5.41 Å². The van der Waals surface area contributed by atoms with E-state index in [0.29, 0.717) is 5.84 Å². The Kier molecular flexibility index (Phi) is 7.67. The van der Waals surface area contributed by atoms with E-state index in [1.165, 1.54) is 82.2 Å². The zero-order valence-corrected chi connectivity index (χ0v) is 35.3. The third kappa shape index (κ3) is 5.01. The van der Waals surface area contributed by atoms with E-state index in [-0.39, 0.29) is 6.17 Å². The van der Waals surface area contributed by atoms with Crippen molar-refractivity contribution in [2.75, 3.05) is 0 Å². The third-order valence-electron chi connectivity index (χ3n) is 14.3. The molecule has 0 saturated carbocycles. The summed E-state index contributed by atoms with van der Waals surface area (Å²) in [5, 5.41) is 13.5. The van der Waals surface area contributed by atoms with E-state index >= 15 is 0 Å². The Balaban J connectivity index is 1.12. The molecule has 3 aliphatic rings. The Bertz CT molecular complexity index is 3860. The third-order valence-corrected chi connectivity index (χ3v) is 14.3. The standard InChI is InChI=1S/C62H39N3/c1-3-19-38(20-4-1)59-63-60(39-21-5-2-6-22-39)65-61(64-59)57-49-30-13-9-24-42(49)41-23-7-11-28-47(41)55(57)40-35-36-46-45-27-15-17-33-52(45)62(54(46)37-40)53-34-18-16-32-51(53)56-48-29-12-8-25-43(48)44-26-10-14-31-50(44)58(56)62/h1-37,59H,(H,63,64,65). The molecular formula is C62H39N3. The van der Waals surface area contributed by atoms with E-state index in [0.717, 1.165) is 39.0 Å². The molecule has 0 saturated heterocycles. The van der Waals surface area contributed by atoms with Crippen molar-refractivity contribution in [2.45, 2.75) is 11.6 Å². The second kappa shape index (κ2) is 13.8. The largest absolute Gasteiger partial charge is 0.344 e. The first-order valence-electron chi connectivity index (χ1n) is 22.5. The minimum Gasteiger partial charge on any atom is -0.344 e. The lowest BCUT2D eigenvalue weighted by atomic mass is 9.68. The van der Waals surface area contributed by atoms with Gasteiger partial charge in [-0.3, -0.25) is 0 Å². The Morgan fingerprint density at radius 3 is 1.49 bits per heavy atom. The molecule has 0 fully saturated rings. The van der Waals surface area contributed by atoms with Crippen molar-refractivity contribution in [3.05, 3.63) is 263 Å². The zero-order chi connectivity index (χ0) is 42.6. The highest BCUT2D eigenvalue weighted by Crippen LogP contribution is 2.65. The van der Waals surface area contributed by atoms with Crippen molar-refractivity contribution < 1.29 is 0 Å². The molecule has 1 aliphatic heterocycles. The lowest BCUT2D eigenvalue weighted by molar-refractivity contribution is 0.674. The number of nitrogens with one attached hydrogen (secondary N) is 1. The molecule has 0 amide bonds. The molecule has 11 aromatic rings. The summed E-state index contributed by atoms with van der Waals surface area (Å²) in [4.78, 5) is 11.1. The van der Waals surface area contributed by atoms with Gasteiger partial charge in [-0.2, -0.15) is 0 Å². The van der Waals surface area contributed by atoms with Gasteiger partial charge in [-0.25, -0.2) is 9.98 Å². The highest BCUT2D eigenvalue weighted by molar-refractivity contribution is 6.28. The van der Waals surface area contributed by atoms with Crippen molar-refractivity contribution in [3.63, 3.8) is 0 Å². The first kappa shape index (κ1) is 36.1. The van der Waals surface area contributed by atoms with Gasteiger partial charge in [0.1, 0.15) is 12.0 Å². The van der Waals surface area contributed by atoms with Gasteiger partial charge in [-0.15, -0.1) is 0 Å². The molecule has 3 heteroatoms. The molecule has 302 valence electrons. The molecule has 1 heterocycles. The number of hydrogen-bond acceptors (Lipinski definition) is 3. The zero-order valence-electron chi connectivity index (χ0n) is 35.3. The monoisotopic (exact) mass is 825 g/mol. The van der Waals surface area contributed by atoms with Crippen LogP contribution in [-0.4, -0.2) is 11.7 Å². The number of aliphatic imine (C=N–C) groups is 2. The van der Waals surface area contributed by atoms with Crippen LogP contribution in [0.25, 0.3) is 76.5 Å². The Labute approximate surface area is 376 Å². The molecule has 2 atom stereocenters. The summed E-state index contributed by atoms with van der Waals surface area (Å²) < 4.78 is 0. The molecule has 2 aliphatic carbocycles. The summed E-state index contributed by atoms with van der Waals surface area (Å²) in [6.07, 6.45) is -0.343. The molecule has 0 radical (unpaired) electrons. The minimum atomic E-state index is -0.576. The number of hydrogen-bond donors (Lipinski definition) is 1. The van der Waals surface area contributed by atoms with E-state index in [2.05, 4.69) is 230 Å². The van der Waals surface area contributed by atoms with E-state index in [1.54, 1.807) is 0 Å². The maximum Gasteiger partial charge on any atom is 0.160 e. The quantitative estimate of drug-likeness (QED) is 0.176. The normalized spacial score (nSPS) is 16.8. The van der Waals surface area contributed by atoms with Crippen molar-refractivity contribution in [3.8, 4) is 33.4 Å². The fourth-order valence-electron chi connectivity index (χ4n) is 11.7. The molecule has 11 aromatic carbocycles. The molecular weight excluding hydrogens is 787 g/mol. The first-order chi connectivity index (χ1) is 32.3. The summed E-state index contributed by atoms with van der Waals surface area (Å²) in [5.41, 5.74) is 15.3. The minimum absolute atomic E-state index is 0.343. The van der Waals surface area contributed by atoms with E-state index in [4.69, 9.17) is 9.98 Å². The number of rotatable bonds is 4. The number of fused-ring (bicyclic) bond motifs is 18. The van der Waals surface area contributed by atoms with Gasteiger partial charge in [0, 0.05) is 16.7 Å². The molecule has 2 unspecified atom stereocenters. The van der Waals surface area contributed by atoms with Crippen LogP contribution in [0.2, 0.25) is 0 Å². The van der Waals surface area contributed by atoms with Crippen LogP contribution in [0.3, 0.4) is 0 Å². The SMILES string of the molecule is c1ccc(C2=NC(c3c(-c4ccc5c(c4)C4(c6ccccc6-5)c5ccccc5-c5c4c4ccccc4c4ccccc54)c4ccccc4c4ccccc34)=NC(c3ccccc3)N2)cc1. The Morgan fingerprint density at radius 1 is 0.354 bits per heavy atom. The predicted octanol–water partition coefficient (Wildman–Crippen LogP) is 14.8. The first-order valence-corrected chi connectivity index (χ1v) is 22.5. The second-order valence-electron chi connectivity index (χ2n) is 17.5. The van der Waals surface area contributed by atoms with Crippen molar-refractivity contribution in [1.29, 1.82) is 0 Å². The molecule has 14 rings (SSSR count). The van der Waals surface area contributed by atoms with Crippen LogP contribution in [0, 0.1) is 0 Å². The molecule has 1 N–H and O–H groups in total. The van der Waals surface area contributed by atoms with Crippen LogP contribution < -0.4 is 5.32 Å². The van der Waals surface area contributed by atoms with Crippen molar-refractivity contribution in [1.82, 2.24) is 5.32 Å². The van der Waals surface area contributed by atoms with Crippen LogP contribution in [0.15, 0.2) is 234 Å². The Hall–Kier alpha value is -8.40. The summed E-state index contributed by atoms with van der Waals surface area (Å²) in [6.45, 7) is 0. The van der Waals surface area contributed by atoms with Crippen LogP contribution in [0.4, 0.5) is 0 Å². The van der Waals surface area contributed by atoms with Crippen molar-refractivity contribution >= 4 is 54.8 Å². The highest BCUT2D eigenvalue weighted by atomic mass is 15.2. The van der Waals surface area contributed by atoms with E-state index < -0.39 is 5.41 Å². The molecule has 1 spiro atoms. The topological polar surface area (TPSA) is 36.8 Å². The number of amidine groups is 2. The highest BCUT2D eigenvalue weighted by Gasteiger charge is 2.53. The van der Waals surface area contributed by atoms with Gasteiger partial charge >= 0.3 is 0 Å². The lowest BCUT2D eigenvalue weighted by Gasteiger charge is -2.32. The van der Waals surface area contributed by atoms with Gasteiger partial charge in [-0.1, -0.05) is 218 Å². The van der Waals surface area contributed by atoms with Gasteiger partial charge in [0.15, 0.2) is 5.84 Å². The molecule has 0 bridgehead atoms.